The van der Waals surface area contributed by atoms with Crippen molar-refractivity contribution in [3.8, 4) is 0 Å². The Morgan fingerprint density at radius 3 is 1.15 bits per heavy atom. The highest BCUT2D eigenvalue weighted by Crippen LogP contribution is 2.44. The molecule has 0 radical (unpaired) electrons. The summed E-state index contributed by atoms with van der Waals surface area (Å²) in [5, 5.41) is 0. The highest BCUT2D eigenvalue weighted by Gasteiger charge is 2.30. The fourth-order valence-corrected chi connectivity index (χ4v) is 5.59. The molecular weight excluding hydrogens is 786 g/mol. The monoisotopic (exact) mass is 865 g/mol. The summed E-state index contributed by atoms with van der Waals surface area (Å²) in [6.07, 6.45) is 61.1. The standard InChI is InChI=1S/C51H78NO8P/c1-6-8-10-12-14-16-18-20-22-24-26-28-30-32-34-36-38-40-42-44-49(53)57-48-51(60-61(55,56)58-47-46-52(3,4)5)59-50(54)45-43-41-39-37-35-33-31-29-27-25-23-21-19-17-15-13-11-9-7-2/h8-11,14-17,20-23,26-29,32-35,38-41,51H,6-7,12-13,18-19,24-25,30-31,36-37,42-48H2,1-5H3/p+1/b10-8-,11-9-,16-14-,17-15-,22-20-,23-21-,28-26-,29-27-,34-32-,35-33-,40-38-,41-39-/t51-/m0/s1. The van der Waals surface area contributed by atoms with Crippen LogP contribution in [0.1, 0.15) is 117 Å². The van der Waals surface area contributed by atoms with E-state index in [1.807, 2.05) is 45.4 Å². The van der Waals surface area contributed by atoms with E-state index in [-0.39, 0.29) is 19.4 Å². The zero-order valence-corrected chi connectivity index (χ0v) is 39.0. The normalized spacial score (nSPS) is 14.9. The van der Waals surface area contributed by atoms with Gasteiger partial charge in [0.05, 0.1) is 21.1 Å². The molecule has 0 aromatic heterocycles. The Bertz CT molecular complexity index is 1530. The molecule has 340 valence electrons. The van der Waals surface area contributed by atoms with Gasteiger partial charge in [0.1, 0.15) is 13.2 Å². The summed E-state index contributed by atoms with van der Waals surface area (Å²) in [5.41, 5.74) is 0. The van der Waals surface area contributed by atoms with Gasteiger partial charge in [-0.25, -0.2) is 9.09 Å². The van der Waals surface area contributed by atoms with Crippen LogP contribution in [0.4, 0.5) is 0 Å². The zero-order chi connectivity index (χ0) is 45.0. The van der Waals surface area contributed by atoms with Gasteiger partial charge < -0.3 is 18.9 Å². The fourth-order valence-electron chi connectivity index (χ4n) is 4.82. The molecule has 0 aliphatic carbocycles. The van der Waals surface area contributed by atoms with Crippen LogP contribution in [-0.4, -0.2) is 68.5 Å². The van der Waals surface area contributed by atoms with Crippen molar-refractivity contribution in [2.24, 2.45) is 0 Å². The molecule has 1 N–H and O–H groups in total. The summed E-state index contributed by atoms with van der Waals surface area (Å²) in [6, 6.07) is 0. The van der Waals surface area contributed by atoms with E-state index in [9.17, 15) is 19.0 Å². The summed E-state index contributed by atoms with van der Waals surface area (Å²) < 4.78 is 34.0. The number of phosphoric ester groups is 1. The van der Waals surface area contributed by atoms with Gasteiger partial charge in [0, 0.05) is 12.8 Å². The summed E-state index contributed by atoms with van der Waals surface area (Å²) in [6.45, 7) is 4.10. The van der Waals surface area contributed by atoms with E-state index in [2.05, 4.69) is 135 Å². The summed E-state index contributed by atoms with van der Waals surface area (Å²) in [7, 11) is 1.12. The molecule has 9 nitrogen and oxygen atoms in total. The smallest absolute Gasteiger partial charge is 0.459 e. The average Bonchev–Trinajstić information content (AvgIpc) is 3.21. The molecular formula is C51H79NO8P+. The van der Waals surface area contributed by atoms with Crippen molar-refractivity contribution in [1.29, 1.82) is 0 Å². The van der Waals surface area contributed by atoms with Crippen molar-refractivity contribution in [3.05, 3.63) is 146 Å². The number of ether oxygens (including phenoxy) is 2. The van der Waals surface area contributed by atoms with Crippen LogP contribution in [0.3, 0.4) is 0 Å². The van der Waals surface area contributed by atoms with Gasteiger partial charge in [-0.05, 0) is 89.9 Å². The Balaban J connectivity index is 4.61. The van der Waals surface area contributed by atoms with Crippen LogP contribution in [0.25, 0.3) is 0 Å². The molecule has 0 bridgehead atoms. The topological polar surface area (TPSA) is 108 Å². The maximum atomic E-state index is 12.7. The second-order valence-electron chi connectivity index (χ2n) is 14.9. The van der Waals surface area contributed by atoms with Gasteiger partial charge in [-0.15, -0.1) is 0 Å². The lowest BCUT2D eigenvalue weighted by Crippen LogP contribution is -2.37. The Morgan fingerprint density at radius 1 is 0.508 bits per heavy atom. The number of esters is 2. The zero-order valence-electron chi connectivity index (χ0n) is 38.1. The van der Waals surface area contributed by atoms with Gasteiger partial charge in [0.25, 0.3) is 0 Å². The number of carbonyl (C=O) groups excluding carboxylic acids is 2. The predicted molar refractivity (Wildman–Crippen MR) is 256 cm³/mol. The van der Waals surface area contributed by atoms with Gasteiger partial charge in [-0.2, -0.15) is 0 Å². The minimum atomic E-state index is -4.62. The Morgan fingerprint density at radius 2 is 0.820 bits per heavy atom. The van der Waals surface area contributed by atoms with Crippen LogP contribution in [-0.2, 0) is 32.7 Å². The van der Waals surface area contributed by atoms with Crippen molar-refractivity contribution < 1.29 is 42.1 Å². The average molecular weight is 865 g/mol. The molecule has 0 heterocycles. The number of likely N-dealkylation sites (N-methyl/N-ethyl adjacent to an activating group) is 1. The number of quaternary nitrogens is 1. The first-order valence-corrected chi connectivity index (χ1v) is 23.6. The van der Waals surface area contributed by atoms with Crippen molar-refractivity contribution in [1.82, 2.24) is 0 Å². The summed E-state index contributed by atoms with van der Waals surface area (Å²) in [4.78, 5) is 35.4. The van der Waals surface area contributed by atoms with Gasteiger partial charge in [0.15, 0.2) is 6.61 Å². The van der Waals surface area contributed by atoms with Gasteiger partial charge >= 0.3 is 19.8 Å². The van der Waals surface area contributed by atoms with E-state index in [1.54, 1.807) is 0 Å². The third kappa shape index (κ3) is 45.3. The van der Waals surface area contributed by atoms with Crippen LogP contribution in [0.5, 0.6) is 0 Å². The SMILES string of the molecule is CC/C=C\C/C=C\C/C=C\C/C=C\C/C=C\C/C=C\CCC(=O)OC[C@@H](OC(=O)CC/C=C\C/C=C\C/C=C\C/C=C\C/C=C\C/C=C\CC)OP(=O)(O)OCC[N+](C)(C)C. The van der Waals surface area contributed by atoms with Crippen LogP contribution in [0.15, 0.2) is 146 Å². The van der Waals surface area contributed by atoms with Crippen LogP contribution < -0.4 is 0 Å². The molecule has 2 atom stereocenters. The number of hydrogen-bond acceptors (Lipinski definition) is 7. The summed E-state index contributed by atoms with van der Waals surface area (Å²) >= 11 is 0. The summed E-state index contributed by atoms with van der Waals surface area (Å²) in [5.74, 6) is -1.22. The lowest BCUT2D eigenvalue weighted by molar-refractivity contribution is -0.870. The third-order valence-electron chi connectivity index (χ3n) is 8.13. The molecule has 0 aliphatic rings. The van der Waals surface area contributed by atoms with E-state index in [4.69, 9.17) is 18.5 Å². The van der Waals surface area contributed by atoms with Crippen LogP contribution in [0.2, 0.25) is 0 Å². The maximum Gasteiger partial charge on any atom is 0.475 e. The largest absolute Gasteiger partial charge is 0.475 e. The Labute approximate surface area is 370 Å². The molecule has 1 unspecified atom stereocenters. The molecule has 0 saturated heterocycles. The number of rotatable bonds is 37. The molecule has 0 aromatic carbocycles. The first-order valence-electron chi connectivity index (χ1n) is 22.1. The van der Waals surface area contributed by atoms with Crippen molar-refractivity contribution in [2.75, 3.05) is 40.9 Å². The molecule has 0 rings (SSSR count). The Hall–Kier alpha value is -4.11. The molecule has 0 aromatic rings. The number of nitrogens with zero attached hydrogens (tertiary/aromatic N) is 1. The Kier molecular flexibility index (Phi) is 38.5. The van der Waals surface area contributed by atoms with Crippen molar-refractivity contribution >= 4 is 19.8 Å². The van der Waals surface area contributed by atoms with E-state index in [0.29, 0.717) is 23.9 Å². The maximum absolute atomic E-state index is 12.7. The van der Waals surface area contributed by atoms with E-state index in [0.717, 1.165) is 77.0 Å². The lowest BCUT2D eigenvalue weighted by atomic mass is 10.2. The third-order valence-corrected chi connectivity index (χ3v) is 9.14. The number of hydrogen-bond donors (Lipinski definition) is 1. The first kappa shape index (κ1) is 56.9. The van der Waals surface area contributed by atoms with Crippen LogP contribution >= 0.6 is 7.82 Å². The molecule has 0 saturated carbocycles. The lowest BCUT2D eigenvalue weighted by Gasteiger charge is -2.25. The molecule has 0 amide bonds. The van der Waals surface area contributed by atoms with Crippen LogP contribution in [0, 0.1) is 0 Å². The van der Waals surface area contributed by atoms with Gasteiger partial charge in [-0.1, -0.05) is 160 Å². The minimum Gasteiger partial charge on any atom is -0.459 e. The molecule has 10 heteroatoms. The van der Waals surface area contributed by atoms with Gasteiger partial charge in [0.2, 0.25) is 6.29 Å². The van der Waals surface area contributed by atoms with E-state index >= 15 is 0 Å². The highest BCUT2D eigenvalue weighted by atomic mass is 31.2. The first-order chi connectivity index (χ1) is 29.5. The number of allylic oxidation sites excluding steroid dienone is 24. The molecule has 0 fully saturated rings. The van der Waals surface area contributed by atoms with Crippen molar-refractivity contribution in [3.63, 3.8) is 0 Å². The quantitative estimate of drug-likeness (QED) is 0.0216. The van der Waals surface area contributed by atoms with E-state index < -0.39 is 32.7 Å². The predicted octanol–water partition coefficient (Wildman–Crippen LogP) is 13.2. The van der Waals surface area contributed by atoms with E-state index in [1.165, 1.54) is 0 Å². The molecule has 0 aliphatic heterocycles. The number of carbonyl (C=O) groups is 2. The second kappa shape index (κ2) is 41.3. The van der Waals surface area contributed by atoms with Crippen molar-refractivity contribution in [2.45, 2.75) is 123 Å². The molecule has 61 heavy (non-hydrogen) atoms. The highest BCUT2D eigenvalue weighted by molar-refractivity contribution is 7.47. The molecule has 0 spiro atoms. The van der Waals surface area contributed by atoms with Gasteiger partial charge in [-0.3, -0.25) is 14.1 Å². The fraction of sp³-hybridized carbons (Fsp3) is 0.490. The second-order valence-corrected chi connectivity index (χ2v) is 16.3. The number of phosphoric acid groups is 1. The minimum absolute atomic E-state index is 0.0107.